The molecular formula is C47H29N3O2S. The number of para-hydroxylation sites is 4. The van der Waals surface area contributed by atoms with Gasteiger partial charge in [-0.25, -0.2) is 9.97 Å². The second-order valence-electron chi connectivity index (χ2n) is 13.4. The summed E-state index contributed by atoms with van der Waals surface area (Å²) in [4.78, 5) is 10.7. The van der Waals surface area contributed by atoms with Gasteiger partial charge in [0.15, 0.2) is 5.58 Å². The molecule has 0 radical (unpaired) electrons. The van der Waals surface area contributed by atoms with E-state index in [-0.39, 0.29) is 0 Å². The molecule has 0 aliphatic rings. The van der Waals surface area contributed by atoms with E-state index in [4.69, 9.17) is 19.1 Å². The Morgan fingerprint density at radius 2 is 1.32 bits per heavy atom. The Labute approximate surface area is 308 Å². The van der Waals surface area contributed by atoms with Crippen molar-refractivity contribution in [3.63, 3.8) is 0 Å². The Balaban J connectivity index is 1.17. The summed E-state index contributed by atoms with van der Waals surface area (Å²) in [5, 5.41) is 5.83. The van der Waals surface area contributed by atoms with Crippen molar-refractivity contribution in [3.05, 3.63) is 163 Å². The zero-order valence-corrected chi connectivity index (χ0v) is 29.4. The van der Waals surface area contributed by atoms with Gasteiger partial charge in [0.2, 0.25) is 5.95 Å². The van der Waals surface area contributed by atoms with Crippen LogP contribution >= 0.6 is 11.3 Å². The van der Waals surface area contributed by atoms with Crippen LogP contribution in [0.15, 0.2) is 162 Å². The highest BCUT2D eigenvalue weighted by atomic mass is 32.1. The van der Waals surface area contributed by atoms with Crippen molar-refractivity contribution in [2.45, 2.75) is 6.92 Å². The Morgan fingerprint density at radius 3 is 2.23 bits per heavy atom. The van der Waals surface area contributed by atoms with Gasteiger partial charge in [-0.1, -0.05) is 97.1 Å². The summed E-state index contributed by atoms with van der Waals surface area (Å²) < 4.78 is 17.8. The van der Waals surface area contributed by atoms with Crippen LogP contribution in [-0.4, -0.2) is 14.5 Å². The van der Waals surface area contributed by atoms with E-state index >= 15 is 0 Å². The van der Waals surface area contributed by atoms with Crippen molar-refractivity contribution in [1.82, 2.24) is 14.5 Å². The lowest BCUT2D eigenvalue weighted by atomic mass is 9.96. The predicted octanol–water partition coefficient (Wildman–Crippen LogP) is 13.3. The van der Waals surface area contributed by atoms with Gasteiger partial charge in [-0.15, -0.1) is 11.3 Å². The quantitative estimate of drug-likeness (QED) is 0.179. The van der Waals surface area contributed by atoms with Gasteiger partial charge in [0.05, 0.1) is 11.0 Å². The second-order valence-corrected chi connectivity index (χ2v) is 14.5. The number of aromatic nitrogens is 3. The summed E-state index contributed by atoms with van der Waals surface area (Å²) in [5.41, 5.74) is 9.19. The summed E-state index contributed by atoms with van der Waals surface area (Å²) in [6.07, 6.45) is 0. The zero-order chi connectivity index (χ0) is 35.0. The number of fused-ring (bicyclic) bond motifs is 9. The van der Waals surface area contributed by atoms with Gasteiger partial charge in [0.1, 0.15) is 28.3 Å². The molecule has 7 aromatic carbocycles. The Hall–Kier alpha value is -6.76. The number of furan rings is 1. The van der Waals surface area contributed by atoms with E-state index in [0.717, 1.165) is 72.4 Å². The highest BCUT2D eigenvalue weighted by molar-refractivity contribution is 7.25. The molecule has 0 atom stereocenters. The number of hydrogen-bond acceptors (Lipinski definition) is 5. The largest absolute Gasteiger partial charge is 0.457 e. The number of aryl methyl sites for hydroxylation is 1. The van der Waals surface area contributed by atoms with E-state index in [0.29, 0.717) is 11.5 Å². The minimum Gasteiger partial charge on any atom is -0.457 e. The zero-order valence-electron chi connectivity index (χ0n) is 28.6. The van der Waals surface area contributed by atoms with Crippen LogP contribution in [0.3, 0.4) is 0 Å². The summed E-state index contributed by atoms with van der Waals surface area (Å²) in [5.74, 6) is 2.17. The van der Waals surface area contributed by atoms with Crippen molar-refractivity contribution in [1.29, 1.82) is 0 Å². The summed E-state index contributed by atoms with van der Waals surface area (Å²) in [7, 11) is 0. The van der Waals surface area contributed by atoms with E-state index < -0.39 is 0 Å². The fourth-order valence-electron chi connectivity index (χ4n) is 7.73. The number of rotatable bonds is 5. The maximum Gasteiger partial charge on any atom is 0.236 e. The standard InChI is InChI=1S/C47H29N3O2S/c1-28-23-24-29(25-35(28)32-16-6-10-20-40(32)51-30-13-3-2-4-14-30)44-46-45(34-18-7-11-21-41(34)52-46)49-47(48-44)50-38-19-9-5-15-31(38)36-26-37-33-17-8-12-22-42(33)53-43(37)27-39(36)50/h2-27H,1H3. The predicted molar refractivity (Wildman–Crippen MR) is 219 cm³/mol. The SMILES string of the molecule is Cc1ccc(-c2nc(-n3c4ccccc4c4cc5c(cc43)sc3ccccc35)nc3c2oc2ccccc23)cc1-c1ccccc1Oc1ccccc1. The molecule has 6 heteroatoms. The molecule has 0 unspecified atom stereocenters. The number of benzene rings is 7. The van der Waals surface area contributed by atoms with Crippen molar-refractivity contribution in [3.8, 4) is 39.8 Å². The molecule has 0 aliphatic heterocycles. The molecule has 0 aliphatic carbocycles. The Kier molecular flexibility index (Phi) is 6.57. The first-order chi connectivity index (χ1) is 26.2. The average molecular weight is 700 g/mol. The first kappa shape index (κ1) is 29.9. The van der Waals surface area contributed by atoms with E-state index in [9.17, 15) is 0 Å². The van der Waals surface area contributed by atoms with Crippen LogP contribution in [0.1, 0.15) is 5.56 Å². The molecule has 4 aromatic heterocycles. The highest BCUT2D eigenvalue weighted by Gasteiger charge is 2.23. The normalized spacial score (nSPS) is 11.9. The van der Waals surface area contributed by atoms with Crippen LogP contribution in [0.5, 0.6) is 11.5 Å². The Bertz CT molecular complexity index is 3230. The van der Waals surface area contributed by atoms with Crippen molar-refractivity contribution >= 4 is 75.4 Å². The number of hydrogen-bond donors (Lipinski definition) is 0. The number of ether oxygens (including phenoxy) is 1. The molecule has 0 saturated carbocycles. The third-order valence-corrected chi connectivity index (χ3v) is 11.4. The molecule has 0 saturated heterocycles. The van der Waals surface area contributed by atoms with Gasteiger partial charge in [-0.05, 0) is 78.7 Å². The smallest absolute Gasteiger partial charge is 0.236 e. The molecule has 53 heavy (non-hydrogen) atoms. The number of thiophene rings is 1. The fourth-order valence-corrected chi connectivity index (χ4v) is 8.85. The third kappa shape index (κ3) is 4.69. The first-order valence-electron chi connectivity index (χ1n) is 17.7. The van der Waals surface area contributed by atoms with Crippen molar-refractivity contribution < 1.29 is 9.15 Å². The van der Waals surface area contributed by atoms with Crippen molar-refractivity contribution in [2.75, 3.05) is 0 Å². The van der Waals surface area contributed by atoms with Gasteiger partial charge in [-0.2, -0.15) is 0 Å². The summed E-state index contributed by atoms with van der Waals surface area (Å²) >= 11 is 1.82. The van der Waals surface area contributed by atoms with Crippen molar-refractivity contribution in [2.24, 2.45) is 0 Å². The molecule has 4 heterocycles. The van der Waals surface area contributed by atoms with Gasteiger partial charge in [0, 0.05) is 47.5 Å². The maximum absolute atomic E-state index is 6.60. The first-order valence-corrected chi connectivity index (χ1v) is 18.5. The average Bonchev–Trinajstić information content (AvgIpc) is 3.87. The maximum atomic E-state index is 6.60. The van der Waals surface area contributed by atoms with Crippen LogP contribution < -0.4 is 4.74 Å². The lowest BCUT2D eigenvalue weighted by molar-refractivity contribution is 0.484. The minimum absolute atomic E-state index is 0.598. The van der Waals surface area contributed by atoms with E-state index in [1.54, 1.807) is 0 Å². The molecule has 0 N–H and O–H groups in total. The summed E-state index contributed by atoms with van der Waals surface area (Å²) in [6, 6.07) is 54.5. The van der Waals surface area contributed by atoms with Crippen LogP contribution in [0.2, 0.25) is 0 Å². The van der Waals surface area contributed by atoms with Gasteiger partial charge >= 0.3 is 0 Å². The van der Waals surface area contributed by atoms with Gasteiger partial charge in [-0.3, -0.25) is 4.57 Å². The van der Waals surface area contributed by atoms with Gasteiger partial charge < -0.3 is 9.15 Å². The molecule has 0 fully saturated rings. The lowest BCUT2D eigenvalue weighted by Crippen LogP contribution is -2.03. The fraction of sp³-hybridized carbons (Fsp3) is 0.0213. The minimum atomic E-state index is 0.598. The molecule has 11 aromatic rings. The third-order valence-electron chi connectivity index (χ3n) is 10.2. The van der Waals surface area contributed by atoms with Gasteiger partial charge in [0.25, 0.3) is 0 Å². The topological polar surface area (TPSA) is 53.1 Å². The molecule has 0 bridgehead atoms. The van der Waals surface area contributed by atoms with E-state index in [1.165, 1.54) is 25.6 Å². The molecular weight excluding hydrogens is 671 g/mol. The lowest BCUT2D eigenvalue weighted by Gasteiger charge is -2.15. The van der Waals surface area contributed by atoms with E-state index in [1.807, 2.05) is 72.0 Å². The Morgan fingerprint density at radius 1 is 0.566 bits per heavy atom. The van der Waals surface area contributed by atoms with Crippen LogP contribution in [-0.2, 0) is 0 Å². The molecule has 0 amide bonds. The van der Waals surface area contributed by atoms with E-state index in [2.05, 4.69) is 109 Å². The molecule has 0 spiro atoms. The molecule has 250 valence electrons. The van der Waals surface area contributed by atoms with Crippen LogP contribution in [0.4, 0.5) is 0 Å². The molecule has 5 nitrogen and oxygen atoms in total. The number of nitrogens with zero attached hydrogens (tertiary/aromatic N) is 3. The van der Waals surface area contributed by atoms with Crippen LogP contribution in [0.25, 0.3) is 92.4 Å². The highest BCUT2D eigenvalue weighted by Crippen LogP contribution is 2.43. The molecule has 11 rings (SSSR count). The monoisotopic (exact) mass is 699 g/mol. The summed E-state index contributed by atoms with van der Waals surface area (Å²) in [6.45, 7) is 2.13. The second kappa shape index (κ2) is 11.6. The van der Waals surface area contributed by atoms with Crippen LogP contribution in [0, 0.1) is 6.92 Å².